The minimum atomic E-state index is -1.85. The Morgan fingerprint density at radius 2 is 1.32 bits per heavy atom. The quantitative estimate of drug-likeness (QED) is 0.424. The first kappa shape index (κ1) is 20.2. The maximum Gasteiger partial charge on any atom is 0.411 e. The highest BCUT2D eigenvalue weighted by Gasteiger charge is 2.54. The Hall–Kier alpha value is -1.79. The van der Waals surface area contributed by atoms with Crippen LogP contribution in [0.2, 0.25) is 0 Å². The highest BCUT2D eigenvalue weighted by molar-refractivity contribution is 6.07. The summed E-state index contributed by atoms with van der Waals surface area (Å²) in [6, 6.07) is 0. The molecule has 128 valence electrons. The van der Waals surface area contributed by atoms with E-state index in [9.17, 15) is 14.4 Å². The molecule has 7 nitrogen and oxygen atoms in total. The summed E-state index contributed by atoms with van der Waals surface area (Å²) in [7, 11) is 1.32. The molecule has 0 bridgehead atoms. The van der Waals surface area contributed by atoms with Crippen molar-refractivity contribution in [2.75, 3.05) is 20.3 Å². The minimum absolute atomic E-state index is 0.0143. The molecule has 0 radical (unpaired) electrons. The molecule has 0 aliphatic heterocycles. The number of carbonyl (C=O) groups is 3. The third-order valence-corrected chi connectivity index (χ3v) is 2.98. The monoisotopic (exact) mass is 317 g/mol. The summed E-state index contributed by atoms with van der Waals surface area (Å²) in [4.78, 5) is 37.9. The number of carbonyl (C=O) groups excluding carboxylic acids is 3. The van der Waals surface area contributed by atoms with Gasteiger partial charge in [0.15, 0.2) is 0 Å². The van der Waals surface area contributed by atoms with Crippen molar-refractivity contribution in [2.24, 2.45) is 0 Å². The van der Waals surface area contributed by atoms with Crippen molar-refractivity contribution in [2.45, 2.75) is 59.1 Å². The van der Waals surface area contributed by atoms with Gasteiger partial charge in [-0.15, -0.1) is 0 Å². The average Bonchev–Trinajstić information content (AvgIpc) is 2.38. The molecule has 0 atom stereocenters. The van der Waals surface area contributed by atoms with Gasteiger partial charge in [-0.1, -0.05) is 6.92 Å². The summed E-state index contributed by atoms with van der Waals surface area (Å²) in [5, 5.41) is 0. The fourth-order valence-electron chi connectivity index (χ4n) is 1.87. The molecular weight excluding hydrogens is 290 g/mol. The van der Waals surface area contributed by atoms with E-state index >= 15 is 0 Å². The van der Waals surface area contributed by atoms with Crippen molar-refractivity contribution >= 4 is 18.0 Å². The lowest BCUT2D eigenvalue weighted by molar-refractivity contribution is -0.173. The van der Waals surface area contributed by atoms with Crippen LogP contribution < -0.4 is 0 Å². The van der Waals surface area contributed by atoms with E-state index in [0.29, 0.717) is 0 Å². The summed E-state index contributed by atoms with van der Waals surface area (Å²) in [5.74, 6) is -1.66. The highest BCUT2D eigenvalue weighted by atomic mass is 16.6. The van der Waals surface area contributed by atoms with Crippen molar-refractivity contribution in [3.05, 3.63) is 0 Å². The number of hydrogen-bond acceptors (Lipinski definition) is 6. The minimum Gasteiger partial charge on any atom is -0.464 e. The van der Waals surface area contributed by atoms with Crippen LogP contribution in [-0.4, -0.2) is 54.3 Å². The molecule has 0 aliphatic carbocycles. The van der Waals surface area contributed by atoms with Gasteiger partial charge in [-0.05, 0) is 41.0 Å². The summed E-state index contributed by atoms with van der Waals surface area (Å²) >= 11 is 0. The Balaban J connectivity index is 5.68. The predicted octanol–water partition coefficient (Wildman–Crippen LogP) is 2.13. The van der Waals surface area contributed by atoms with Crippen LogP contribution in [0, 0.1) is 0 Å². The van der Waals surface area contributed by atoms with Crippen LogP contribution in [0.4, 0.5) is 4.79 Å². The number of nitrogens with zero attached hydrogens (tertiary/aromatic N) is 1. The van der Waals surface area contributed by atoms with Crippen LogP contribution in [0.1, 0.15) is 48.0 Å². The lowest BCUT2D eigenvalue weighted by Gasteiger charge is -2.37. The van der Waals surface area contributed by atoms with E-state index in [4.69, 9.17) is 14.2 Å². The van der Waals surface area contributed by atoms with Crippen molar-refractivity contribution < 1.29 is 28.6 Å². The molecule has 1 amide bonds. The Labute approximate surface area is 131 Å². The molecule has 22 heavy (non-hydrogen) atoms. The first-order chi connectivity index (χ1) is 10.1. The number of amides is 1. The molecule has 0 spiro atoms. The van der Waals surface area contributed by atoms with Crippen LogP contribution in [0.3, 0.4) is 0 Å². The summed E-state index contributed by atoms with van der Waals surface area (Å²) in [6.45, 7) is 10.1. The predicted molar refractivity (Wildman–Crippen MR) is 80.3 cm³/mol. The van der Waals surface area contributed by atoms with E-state index in [0.717, 1.165) is 4.90 Å². The maximum atomic E-state index is 12.4. The van der Waals surface area contributed by atoms with Gasteiger partial charge in [0.05, 0.1) is 13.2 Å². The zero-order chi connectivity index (χ0) is 17.6. The van der Waals surface area contributed by atoms with Gasteiger partial charge >= 0.3 is 18.0 Å². The molecule has 0 aromatic heterocycles. The highest BCUT2D eigenvalue weighted by Crippen LogP contribution is 2.25. The standard InChI is InChI=1S/C15H27NO6/c1-8-15(11(17)20-9-2,12(18)21-10-3)16(7)13(19)22-14(4,5)6/h8-10H2,1-7H3. The van der Waals surface area contributed by atoms with E-state index in [2.05, 4.69) is 0 Å². The van der Waals surface area contributed by atoms with Crippen LogP contribution in [0.25, 0.3) is 0 Å². The molecule has 0 saturated heterocycles. The van der Waals surface area contributed by atoms with Gasteiger partial charge in [0.25, 0.3) is 0 Å². The molecule has 0 saturated carbocycles. The van der Waals surface area contributed by atoms with Gasteiger partial charge in [0, 0.05) is 7.05 Å². The molecule has 0 unspecified atom stereocenters. The second kappa shape index (κ2) is 8.00. The van der Waals surface area contributed by atoms with Crippen LogP contribution in [0.5, 0.6) is 0 Å². The maximum absolute atomic E-state index is 12.4. The van der Waals surface area contributed by atoms with Crippen molar-refractivity contribution in [1.82, 2.24) is 4.90 Å². The van der Waals surface area contributed by atoms with E-state index < -0.39 is 29.2 Å². The topological polar surface area (TPSA) is 82.1 Å². The Morgan fingerprint density at radius 1 is 0.909 bits per heavy atom. The lowest BCUT2D eigenvalue weighted by atomic mass is 9.94. The second-order valence-corrected chi connectivity index (χ2v) is 5.69. The number of esters is 2. The van der Waals surface area contributed by atoms with E-state index in [1.54, 1.807) is 41.5 Å². The normalized spacial score (nSPS) is 11.6. The summed E-state index contributed by atoms with van der Waals surface area (Å²) in [5.41, 5.74) is -2.61. The van der Waals surface area contributed by atoms with Crippen LogP contribution >= 0.6 is 0 Å². The molecule has 0 heterocycles. The number of likely N-dealkylation sites (N-methyl/N-ethyl adjacent to an activating group) is 1. The first-order valence-corrected chi connectivity index (χ1v) is 7.38. The van der Waals surface area contributed by atoms with Gasteiger partial charge < -0.3 is 14.2 Å². The van der Waals surface area contributed by atoms with Gasteiger partial charge in [-0.2, -0.15) is 0 Å². The average molecular weight is 317 g/mol. The zero-order valence-corrected chi connectivity index (χ0v) is 14.5. The van der Waals surface area contributed by atoms with Gasteiger partial charge in [0.1, 0.15) is 5.60 Å². The largest absolute Gasteiger partial charge is 0.464 e. The third kappa shape index (κ3) is 4.61. The fourth-order valence-corrected chi connectivity index (χ4v) is 1.87. The van der Waals surface area contributed by atoms with E-state index in [1.165, 1.54) is 7.05 Å². The summed E-state index contributed by atoms with van der Waals surface area (Å²) < 4.78 is 15.2. The molecule has 0 rings (SSSR count). The van der Waals surface area contributed by atoms with Crippen LogP contribution in [0.15, 0.2) is 0 Å². The number of hydrogen-bond donors (Lipinski definition) is 0. The van der Waals surface area contributed by atoms with Crippen molar-refractivity contribution in [3.63, 3.8) is 0 Å². The van der Waals surface area contributed by atoms with Crippen molar-refractivity contribution in [1.29, 1.82) is 0 Å². The molecule has 0 aromatic rings. The molecule has 0 fully saturated rings. The Bertz CT molecular complexity index is 395. The van der Waals surface area contributed by atoms with Crippen LogP contribution in [-0.2, 0) is 23.8 Å². The smallest absolute Gasteiger partial charge is 0.411 e. The molecular formula is C15H27NO6. The number of ether oxygens (including phenoxy) is 3. The second-order valence-electron chi connectivity index (χ2n) is 5.69. The fraction of sp³-hybridized carbons (Fsp3) is 0.800. The van der Waals surface area contributed by atoms with Gasteiger partial charge in [0.2, 0.25) is 5.54 Å². The van der Waals surface area contributed by atoms with Gasteiger partial charge in [-0.25, -0.2) is 14.4 Å². The number of rotatable bonds is 6. The van der Waals surface area contributed by atoms with Gasteiger partial charge in [-0.3, -0.25) is 4.90 Å². The van der Waals surface area contributed by atoms with E-state index in [-0.39, 0.29) is 19.6 Å². The molecule has 0 aliphatic rings. The zero-order valence-electron chi connectivity index (χ0n) is 14.5. The Morgan fingerprint density at radius 3 is 1.59 bits per heavy atom. The van der Waals surface area contributed by atoms with E-state index in [1.807, 2.05) is 0 Å². The van der Waals surface area contributed by atoms with Crippen molar-refractivity contribution in [3.8, 4) is 0 Å². The molecule has 0 aromatic carbocycles. The molecule has 7 heteroatoms. The third-order valence-electron chi connectivity index (χ3n) is 2.98. The Kier molecular flexibility index (Phi) is 7.35. The molecule has 0 N–H and O–H groups in total. The first-order valence-electron chi connectivity index (χ1n) is 7.38. The summed E-state index contributed by atoms with van der Waals surface area (Å²) in [6.07, 6.45) is -0.782. The lowest BCUT2D eigenvalue weighted by Crippen LogP contribution is -2.62. The SMILES string of the molecule is CCOC(=O)C(CC)(C(=O)OCC)N(C)C(=O)OC(C)(C)C.